The molecule has 0 heterocycles. The monoisotopic (exact) mass is 302 g/mol. The van der Waals surface area contributed by atoms with E-state index in [1.165, 1.54) is 19.2 Å². The SMILES string of the molecule is CNCC(=O)NC(CC(=O)OC)c1ccc(Cl)c(F)c1. The van der Waals surface area contributed by atoms with Crippen molar-refractivity contribution in [1.29, 1.82) is 0 Å². The van der Waals surface area contributed by atoms with E-state index < -0.39 is 17.8 Å². The number of amides is 1. The molecule has 0 saturated heterocycles. The van der Waals surface area contributed by atoms with Crippen molar-refractivity contribution < 1.29 is 18.7 Å². The zero-order valence-corrected chi connectivity index (χ0v) is 12.0. The fourth-order valence-electron chi connectivity index (χ4n) is 1.64. The maximum atomic E-state index is 13.5. The standard InChI is InChI=1S/C13H16ClFN2O3/c1-16-7-12(18)17-11(6-13(19)20-2)8-3-4-9(14)10(15)5-8/h3-5,11,16H,6-7H2,1-2H3,(H,17,18). The highest BCUT2D eigenvalue weighted by Crippen LogP contribution is 2.22. The van der Waals surface area contributed by atoms with Gasteiger partial charge in [-0.15, -0.1) is 0 Å². The fraction of sp³-hybridized carbons (Fsp3) is 0.385. The molecule has 0 bridgehead atoms. The average Bonchev–Trinajstić information content (AvgIpc) is 2.41. The molecule has 0 aromatic heterocycles. The first-order chi connectivity index (χ1) is 9.47. The van der Waals surface area contributed by atoms with Gasteiger partial charge in [0.05, 0.1) is 31.1 Å². The third-order valence-corrected chi connectivity index (χ3v) is 2.92. The van der Waals surface area contributed by atoms with E-state index in [9.17, 15) is 14.0 Å². The predicted octanol–water partition coefficient (Wildman–Crippen LogP) is 1.42. The van der Waals surface area contributed by atoms with E-state index in [0.717, 1.165) is 0 Å². The van der Waals surface area contributed by atoms with Crippen LogP contribution >= 0.6 is 11.6 Å². The molecule has 2 N–H and O–H groups in total. The third kappa shape index (κ3) is 4.79. The molecule has 1 rings (SSSR count). The van der Waals surface area contributed by atoms with Crippen molar-refractivity contribution in [1.82, 2.24) is 10.6 Å². The summed E-state index contributed by atoms with van der Waals surface area (Å²) in [5.41, 5.74) is 0.446. The lowest BCUT2D eigenvalue weighted by Crippen LogP contribution is -2.36. The first-order valence-corrected chi connectivity index (χ1v) is 6.31. The van der Waals surface area contributed by atoms with Crippen LogP contribution in [-0.2, 0) is 14.3 Å². The van der Waals surface area contributed by atoms with Gasteiger partial charge in [-0.1, -0.05) is 17.7 Å². The van der Waals surface area contributed by atoms with Crippen molar-refractivity contribution in [3.63, 3.8) is 0 Å². The summed E-state index contributed by atoms with van der Waals surface area (Å²) in [7, 11) is 2.87. The summed E-state index contributed by atoms with van der Waals surface area (Å²) in [6, 6.07) is 3.45. The molecule has 0 aliphatic carbocycles. The van der Waals surface area contributed by atoms with Crippen LogP contribution in [0.3, 0.4) is 0 Å². The van der Waals surface area contributed by atoms with E-state index in [-0.39, 0.29) is 23.9 Å². The summed E-state index contributed by atoms with van der Waals surface area (Å²) < 4.78 is 18.0. The van der Waals surface area contributed by atoms with Crippen molar-refractivity contribution in [3.05, 3.63) is 34.6 Å². The summed E-state index contributed by atoms with van der Waals surface area (Å²) in [4.78, 5) is 23.0. The quantitative estimate of drug-likeness (QED) is 0.780. The first-order valence-electron chi connectivity index (χ1n) is 5.93. The van der Waals surface area contributed by atoms with Gasteiger partial charge in [0, 0.05) is 0 Å². The molecule has 1 amide bonds. The van der Waals surface area contributed by atoms with E-state index in [1.807, 2.05) is 0 Å². The normalized spacial score (nSPS) is 11.8. The Kier molecular flexibility index (Phi) is 6.41. The van der Waals surface area contributed by atoms with Gasteiger partial charge in [-0.05, 0) is 24.7 Å². The molecule has 0 radical (unpaired) electrons. The van der Waals surface area contributed by atoms with E-state index in [2.05, 4.69) is 15.4 Å². The number of ether oxygens (including phenoxy) is 1. The summed E-state index contributed by atoms with van der Waals surface area (Å²) in [6.07, 6.45) is -0.0903. The molecule has 0 saturated carbocycles. The van der Waals surface area contributed by atoms with Crippen molar-refractivity contribution in [2.45, 2.75) is 12.5 Å². The summed E-state index contributed by atoms with van der Waals surface area (Å²) in [6.45, 7) is 0.0910. The molecule has 1 aromatic carbocycles. The predicted molar refractivity (Wildman–Crippen MR) is 72.9 cm³/mol. The molecule has 0 aliphatic heterocycles. The second-order valence-corrected chi connectivity index (χ2v) is 4.51. The number of likely N-dealkylation sites (N-methyl/N-ethyl adjacent to an activating group) is 1. The van der Waals surface area contributed by atoms with Gasteiger partial charge >= 0.3 is 5.97 Å². The fourth-order valence-corrected chi connectivity index (χ4v) is 1.75. The molecule has 110 valence electrons. The molecular weight excluding hydrogens is 287 g/mol. The van der Waals surface area contributed by atoms with E-state index in [0.29, 0.717) is 5.56 Å². The smallest absolute Gasteiger partial charge is 0.307 e. The lowest BCUT2D eigenvalue weighted by molar-refractivity contribution is -0.141. The molecule has 0 aliphatic rings. The first kappa shape index (κ1) is 16.4. The Balaban J connectivity index is 2.93. The van der Waals surface area contributed by atoms with Crippen LogP contribution in [0.15, 0.2) is 18.2 Å². The minimum absolute atomic E-state index is 0.0212. The van der Waals surface area contributed by atoms with Crippen LogP contribution in [0.4, 0.5) is 4.39 Å². The Hall–Kier alpha value is -1.66. The molecule has 0 spiro atoms. The van der Waals surface area contributed by atoms with E-state index in [4.69, 9.17) is 11.6 Å². The van der Waals surface area contributed by atoms with Gasteiger partial charge < -0.3 is 15.4 Å². The minimum atomic E-state index is -0.671. The second-order valence-electron chi connectivity index (χ2n) is 4.10. The summed E-state index contributed by atoms with van der Waals surface area (Å²) >= 11 is 5.61. The van der Waals surface area contributed by atoms with Crippen LogP contribution in [0.25, 0.3) is 0 Å². The maximum Gasteiger partial charge on any atom is 0.307 e. The Morgan fingerprint density at radius 3 is 2.70 bits per heavy atom. The van der Waals surface area contributed by atoms with Crippen LogP contribution in [-0.4, -0.2) is 32.6 Å². The number of hydrogen-bond acceptors (Lipinski definition) is 4. The Labute approximate surface area is 121 Å². The zero-order chi connectivity index (χ0) is 15.1. The summed E-state index contributed by atoms with van der Waals surface area (Å²) in [5, 5.41) is 5.30. The van der Waals surface area contributed by atoms with Crippen LogP contribution in [0, 0.1) is 5.82 Å². The Morgan fingerprint density at radius 1 is 1.45 bits per heavy atom. The van der Waals surface area contributed by atoms with Crippen LogP contribution < -0.4 is 10.6 Å². The Bertz CT molecular complexity index is 497. The Morgan fingerprint density at radius 2 is 2.15 bits per heavy atom. The molecule has 1 unspecified atom stereocenters. The third-order valence-electron chi connectivity index (χ3n) is 2.62. The molecule has 20 heavy (non-hydrogen) atoms. The topological polar surface area (TPSA) is 67.4 Å². The van der Waals surface area contributed by atoms with Crippen molar-refractivity contribution in [2.75, 3.05) is 20.7 Å². The zero-order valence-electron chi connectivity index (χ0n) is 11.2. The van der Waals surface area contributed by atoms with Crippen molar-refractivity contribution >= 4 is 23.5 Å². The van der Waals surface area contributed by atoms with Gasteiger partial charge in [0.2, 0.25) is 5.91 Å². The number of halogens is 2. The van der Waals surface area contributed by atoms with Crippen molar-refractivity contribution in [2.24, 2.45) is 0 Å². The van der Waals surface area contributed by atoms with Crippen molar-refractivity contribution in [3.8, 4) is 0 Å². The van der Waals surface area contributed by atoms with E-state index >= 15 is 0 Å². The van der Waals surface area contributed by atoms with Gasteiger partial charge in [0.15, 0.2) is 0 Å². The molecule has 1 aromatic rings. The summed E-state index contributed by atoms with van der Waals surface area (Å²) in [5.74, 6) is -1.42. The number of nitrogens with one attached hydrogen (secondary N) is 2. The highest BCUT2D eigenvalue weighted by Gasteiger charge is 2.19. The lowest BCUT2D eigenvalue weighted by Gasteiger charge is -2.18. The van der Waals surface area contributed by atoms with Gasteiger partial charge in [-0.25, -0.2) is 4.39 Å². The molecule has 1 atom stereocenters. The van der Waals surface area contributed by atoms with Gasteiger partial charge in [-0.2, -0.15) is 0 Å². The largest absolute Gasteiger partial charge is 0.469 e. The lowest BCUT2D eigenvalue weighted by atomic mass is 10.0. The maximum absolute atomic E-state index is 13.5. The highest BCUT2D eigenvalue weighted by atomic mass is 35.5. The van der Waals surface area contributed by atoms with Crippen LogP contribution in [0.5, 0.6) is 0 Å². The molecule has 5 nitrogen and oxygen atoms in total. The second kappa shape index (κ2) is 7.81. The number of carbonyl (C=O) groups excluding carboxylic acids is 2. The molecular formula is C13H16ClFN2O3. The van der Waals surface area contributed by atoms with Crippen LogP contribution in [0.1, 0.15) is 18.0 Å². The highest BCUT2D eigenvalue weighted by molar-refractivity contribution is 6.30. The average molecular weight is 303 g/mol. The van der Waals surface area contributed by atoms with Gasteiger partial charge in [-0.3, -0.25) is 9.59 Å². The number of methoxy groups -OCH3 is 1. The number of hydrogen-bond donors (Lipinski definition) is 2. The van der Waals surface area contributed by atoms with Gasteiger partial charge in [0.25, 0.3) is 0 Å². The van der Waals surface area contributed by atoms with Crippen LogP contribution in [0.2, 0.25) is 5.02 Å². The minimum Gasteiger partial charge on any atom is -0.469 e. The molecule has 7 heteroatoms. The van der Waals surface area contributed by atoms with E-state index in [1.54, 1.807) is 13.1 Å². The van der Waals surface area contributed by atoms with Gasteiger partial charge in [0.1, 0.15) is 5.82 Å². The number of carbonyl (C=O) groups is 2. The number of rotatable bonds is 6. The number of esters is 1. The number of benzene rings is 1. The molecule has 0 fully saturated rings.